The molecule has 41 heavy (non-hydrogen) atoms. The first-order valence-electron chi connectivity index (χ1n) is 13.2. The van der Waals surface area contributed by atoms with Crippen LogP contribution in [0.5, 0.6) is 5.75 Å². The van der Waals surface area contributed by atoms with Crippen molar-refractivity contribution in [1.29, 1.82) is 0 Å². The Bertz CT molecular complexity index is 1600. The molecule has 0 radical (unpaired) electrons. The summed E-state index contributed by atoms with van der Waals surface area (Å²) >= 11 is 6.52. The van der Waals surface area contributed by atoms with Crippen LogP contribution in [0.15, 0.2) is 36.3 Å². The fourth-order valence-electron chi connectivity index (χ4n) is 5.31. The lowest BCUT2D eigenvalue weighted by Crippen LogP contribution is -2.48. The number of carbonyl (C=O) groups excluding carboxylic acids is 1. The van der Waals surface area contributed by atoms with E-state index in [-0.39, 0.29) is 39.6 Å². The average Bonchev–Trinajstić information content (AvgIpc) is 2.95. The fraction of sp³-hybridized carbons (Fsp3) is 0.357. The smallest absolute Gasteiger partial charge is 0.225 e. The first kappa shape index (κ1) is 29.0. The van der Waals surface area contributed by atoms with Crippen molar-refractivity contribution in [1.82, 2.24) is 19.2 Å². The van der Waals surface area contributed by atoms with Gasteiger partial charge in [0.25, 0.3) is 0 Å². The Morgan fingerprint density at radius 1 is 1.15 bits per heavy atom. The standard InChI is InChI=1S/C28H31ClF2N6O3S/c1-4-41(3,40)37-10-8-18(9-11-37)32-28-33-26-19(27(34-28)36-14-12-35(13-15-36)17(2)38)16-20(29)23(25(26)31)24-21(30)6-5-7-22(24)39/h4-7,16,18,39H,1,3,8-15H2,2H3,(H,32,33,34). The molecular formula is C28H31ClF2N6O3S. The molecule has 2 fully saturated rings. The van der Waals surface area contributed by atoms with Crippen LogP contribution < -0.4 is 10.2 Å². The molecule has 2 saturated heterocycles. The average molecular weight is 605 g/mol. The van der Waals surface area contributed by atoms with Crippen molar-refractivity contribution in [3.8, 4) is 16.9 Å². The number of hydrogen-bond acceptors (Lipinski definition) is 7. The van der Waals surface area contributed by atoms with E-state index in [1.165, 1.54) is 30.5 Å². The van der Waals surface area contributed by atoms with Crippen molar-refractivity contribution in [3.05, 3.63) is 52.9 Å². The Kier molecular flexibility index (Phi) is 8.09. The molecule has 2 aromatic carbocycles. The number of halogens is 3. The number of phenolic OH excluding ortho intramolecular Hbond substituents is 1. The van der Waals surface area contributed by atoms with Gasteiger partial charge < -0.3 is 20.2 Å². The van der Waals surface area contributed by atoms with Crippen LogP contribution in [0.1, 0.15) is 19.8 Å². The number of phenols is 1. The second-order valence-electron chi connectivity index (χ2n) is 10.1. The highest BCUT2D eigenvalue weighted by Gasteiger charge is 2.28. The van der Waals surface area contributed by atoms with E-state index in [1.54, 1.807) is 9.21 Å². The molecule has 13 heteroatoms. The Morgan fingerprint density at radius 3 is 2.44 bits per heavy atom. The van der Waals surface area contributed by atoms with Crippen LogP contribution in [0.4, 0.5) is 20.5 Å². The maximum atomic E-state index is 16.3. The number of aromatic hydroxyl groups is 1. The van der Waals surface area contributed by atoms with Crippen molar-refractivity contribution in [2.75, 3.05) is 49.5 Å². The first-order valence-corrected chi connectivity index (χ1v) is 15.3. The molecular weight excluding hydrogens is 574 g/mol. The van der Waals surface area contributed by atoms with Gasteiger partial charge in [-0.2, -0.15) is 4.98 Å². The lowest BCUT2D eigenvalue weighted by atomic mass is 10.0. The third-order valence-electron chi connectivity index (χ3n) is 7.61. The summed E-state index contributed by atoms with van der Waals surface area (Å²) in [4.78, 5) is 24.8. The molecule has 2 aliphatic heterocycles. The van der Waals surface area contributed by atoms with Crippen molar-refractivity contribution in [2.45, 2.75) is 25.8 Å². The number of hydrogen-bond donors (Lipinski definition) is 2. The Hall–Kier alpha value is -3.48. The first-order chi connectivity index (χ1) is 19.5. The highest BCUT2D eigenvalue weighted by molar-refractivity contribution is 8.00. The molecule has 1 atom stereocenters. The predicted octanol–water partition coefficient (Wildman–Crippen LogP) is 4.25. The Balaban J connectivity index is 1.57. The molecule has 0 saturated carbocycles. The second-order valence-corrected chi connectivity index (χ2v) is 12.8. The summed E-state index contributed by atoms with van der Waals surface area (Å²) in [5.74, 6) is 2.16. The molecule has 3 aromatic rings. The number of nitrogens with one attached hydrogen (secondary N) is 1. The van der Waals surface area contributed by atoms with Crippen molar-refractivity contribution in [3.63, 3.8) is 0 Å². The summed E-state index contributed by atoms with van der Waals surface area (Å²) in [6.45, 7) is 8.01. The summed E-state index contributed by atoms with van der Waals surface area (Å²) < 4.78 is 45.4. The van der Waals surface area contributed by atoms with Crippen LogP contribution in [0.2, 0.25) is 5.02 Å². The molecule has 5 rings (SSSR count). The molecule has 2 N–H and O–H groups in total. The number of amides is 1. The van der Waals surface area contributed by atoms with Gasteiger partial charge in [-0.25, -0.2) is 22.3 Å². The second kappa shape index (κ2) is 11.4. The number of rotatable bonds is 6. The zero-order valence-electron chi connectivity index (χ0n) is 22.6. The van der Waals surface area contributed by atoms with Crippen LogP contribution in [0.3, 0.4) is 0 Å². The lowest BCUT2D eigenvalue weighted by molar-refractivity contribution is -0.129. The van der Waals surface area contributed by atoms with Gasteiger partial charge in [0.2, 0.25) is 11.9 Å². The summed E-state index contributed by atoms with van der Waals surface area (Å²) in [5, 5.41) is 15.3. The van der Waals surface area contributed by atoms with E-state index in [4.69, 9.17) is 16.6 Å². The van der Waals surface area contributed by atoms with Gasteiger partial charge in [0, 0.05) is 78.3 Å². The van der Waals surface area contributed by atoms with Crippen LogP contribution in [0, 0.1) is 11.6 Å². The van der Waals surface area contributed by atoms with Gasteiger partial charge in [0.1, 0.15) is 22.9 Å². The van der Waals surface area contributed by atoms with Gasteiger partial charge in [-0.05, 0) is 36.9 Å². The normalized spacial score (nSPS) is 18.3. The molecule has 2 aliphatic rings. The van der Waals surface area contributed by atoms with Crippen molar-refractivity contribution in [2.24, 2.45) is 0 Å². The molecule has 0 aliphatic carbocycles. The molecule has 3 heterocycles. The number of aromatic nitrogens is 2. The van der Waals surface area contributed by atoms with E-state index in [1.807, 2.05) is 4.90 Å². The number of nitrogens with zero attached hydrogens (tertiary/aromatic N) is 5. The third kappa shape index (κ3) is 5.68. The topological polar surface area (TPSA) is 102 Å². The Labute approximate surface area is 242 Å². The molecule has 0 bridgehead atoms. The molecule has 218 valence electrons. The molecule has 1 amide bonds. The molecule has 1 unspecified atom stereocenters. The van der Waals surface area contributed by atoms with E-state index < -0.39 is 27.1 Å². The van der Waals surface area contributed by atoms with E-state index in [9.17, 15) is 18.5 Å². The summed E-state index contributed by atoms with van der Waals surface area (Å²) in [6.07, 6.45) is 1.23. The number of piperidine rings is 1. The highest BCUT2D eigenvalue weighted by Crippen LogP contribution is 2.42. The van der Waals surface area contributed by atoms with Crippen LogP contribution in [-0.4, -0.2) is 85.6 Å². The van der Waals surface area contributed by atoms with Gasteiger partial charge in [0.15, 0.2) is 5.82 Å². The minimum absolute atomic E-state index is 0.0306. The third-order valence-corrected chi connectivity index (χ3v) is 9.67. The lowest BCUT2D eigenvalue weighted by Gasteiger charge is -2.36. The molecule has 9 nitrogen and oxygen atoms in total. The van der Waals surface area contributed by atoms with Gasteiger partial charge in [-0.15, -0.1) is 0 Å². The minimum atomic E-state index is -2.54. The maximum Gasteiger partial charge on any atom is 0.225 e. The number of carbonyl (C=O) groups is 1. The van der Waals surface area contributed by atoms with E-state index in [0.717, 1.165) is 6.07 Å². The number of fused-ring (bicyclic) bond motifs is 1. The quantitative estimate of drug-likeness (QED) is 0.406. The number of benzene rings is 2. The van der Waals surface area contributed by atoms with Crippen LogP contribution >= 0.6 is 11.6 Å². The van der Waals surface area contributed by atoms with Gasteiger partial charge in [-0.3, -0.25) is 4.79 Å². The zero-order chi connectivity index (χ0) is 29.5. The largest absolute Gasteiger partial charge is 0.507 e. The molecule has 1 aromatic heterocycles. The fourth-order valence-corrected chi connectivity index (χ4v) is 6.63. The van der Waals surface area contributed by atoms with Crippen molar-refractivity contribution < 1.29 is 22.9 Å². The number of anilines is 2. The van der Waals surface area contributed by atoms with Gasteiger partial charge in [-0.1, -0.05) is 24.2 Å². The summed E-state index contributed by atoms with van der Waals surface area (Å²) in [5.41, 5.74) is -0.735. The predicted molar refractivity (Wildman–Crippen MR) is 160 cm³/mol. The van der Waals surface area contributed by atoms with Crippen LogP contribution in [-0.2, 0) is 14.5 Å². The SMILES string of the molecule is C=CS(=C)(=O)N1CCC(Nc2nc(N3CCN(C(C)=O)CC3)c3cc(Cl)c(-c4c(O)cccc4F)c(F)c3n2)CC1. The summed E-state index contributed by atoms with van der Waals surface area (Å²) in [7, 11) is -2.54. The van der Waals surface area contributed by atoms with Gasteiger partial charge >= 0.3 is 0 Å². The monoisotopic (exact) mass is 604 g/mol. The van der Waals surface area contributed by atoms with Crippen LogP contribution in [0.25, 0.3) is 22.0 Å². The van der Waals surface area contributed by atoms with Crippen molar-refractivity contribution >= 4 is 55.8 Å². The highest BCUT2D eigenvalue weighted by atomic mass is 35.5. The van der Waals surface area contributed by atoms with E-state index in [2.05, 4.69) is 22.8 Å². The Morgan fingerprint density at radius 2 is 1.83 bits per heavy atom. The van der Waals surface area contributed by atoms with E-state index in [0.29, 0.717) is 63.3 Å². The van der Waals surface area contributed by atoms with E-state index >= 15 is 4.39 Å². The minimum Gasteiger partial charge on any atom is -0.507 e. The summed E-state index contributed by atoms with van der Waals surface area (Å²) in [6, 6.07) is 5.09. The number of piperazine rings is 1. The maximum absolute atomic E-state index is 16.3. The molecule has 0 spiro atoms. The zero-order valence-corrected chi connectivity index (χ0v) is 24.1. The van der Waals surface area contributed by atoms with Gasteiger partial charge in [0.05, 0.1) is 10.6 Å².